The highest BCUT2D eigenvalue weighted by molar-refractivity contribution is 5.98. The number of nitrogen functional groups attached to an aromatic ring is 1. The van der Waals surface area contributed by atoms with Gasteiger partial charge in [0.1, 0.15) is 5.69 Å². The number of benzene rings is 1. The molecule has 0 saturated heterocycles. The van der Waals surface area contributed by atoms with Crippen LogP contribution in [0.4, 0.5) is 19.0 Å². The number of nitrogens with two attached hydrogens (primary N) is 2. The van der Waals surface area contributed by atoms with E-state index in [4.69, 9.17) is 11.5 Å². The first-order valence-corrected chi connectivity index (χ1v) is 8.65. The van der Waals surface area contributed by atoms with Gasteiger partial charge in [-0.05, 0) is 24.5 Å². The summed E-state index contributed by atoms with van der Waals surface area (Å²) in [6.07, 6.45) is -3.97. The maximum Gasteiger partial charge on any atom is 0.430 e. The van der Waals surface area contributed by atoms with E-state index in [-0.39, 0.29) is 40.9 Å². The highest BCUT2D eigenvalue weighted by Crippen LogP contribution is 2.40. The number of amides is 1. The van der Waals surface area contributed by atoms with Gasteiger partial charge in [-0.15, -0.1) is 0 Å². The molecule has 1 unspecified atom stereocenters. The average molecular weight is 410 g/mol. The van der Waals surface area contributed by atoms with Gasteiger partial charge >= 0.3 is 6.18 Å². The predicted octanol–water partition coefficient (Wildman–Crippen LogP) is 2.50. The molecular weight excluding hydrogens is 389 g/mol. The number of primary amides is 1. The summed E-state index contributed by atoms with van der Waals surface area (Å²) < 4.78 is 40.1. The van der Waals surface area contributed by atoms with Gasteiger partial charge in [-0.3, -0.25) is 9.59 Å². The van der Waals surface area contributed by atoms with E-state index in [2.05, 4.69) is 9.97 Å². The van der Waals surface area contributed by atoms with Crippen molar-refractivity contribution in [2.24, 2.45) is 11.7 Å². The molecule has 7 nitrogen and oxygen atoms in total. The fraction of sp³-hybridized carbons (Fsp3) is 0.368. The summed E-state index contributed by atoms with van der Waals surface area (Å²) in [6.45, 7) is 5.26. The molecule has 0 spiro atoms. The zero-order valence-electron chi connectivity index (χ0n) is 16.0. The molecule has 0 saturated carbocycles. The summed E-state index contributed by atoms with van der Waals surface area (Å²) in [4.78, 5) is 31.9. The number of hydrogen-bond donors (Lipinski definition) is 3. The quantitative estimate of drug-likeness (QED) is 0.627. The second-order valence-corrected chi connectivity index (χ2v) is 7.11. The third kappa shape index (κ3) is 4.21. The van der Waals surface area contributed by atoms with Crippen LogP contribution >= 0.6 is 0 Å². The lowest BCUT2D eigenvalue weighted by Gasteiger charge is -2.28. The molecule has 1 amide bonds. The van der Waals surface area contributed by atoms with Crippen LogP contribution in [0.25, 0.3) is 11.3 Å². The van der Waals surface area contributed by atoms with Crippen LogP contribution in [0, 0.1) is 12.8 Å². The molecule has 5 N–H and O–H groups in total. The number of aromatic nitrogens is 2. The second-order valence-electron chi connectivity index (χ2n) is 7.11. The van der Waals surface area contributed by atoms with Crippen LogP contribution in [0.5, 0.6) is 0 Å². The Morgan fingerprint density at radius 1 is 1.24 bits per heavy atom. The summed E-state index contributed by atoms with van der Waals surface area (Å²) in [7, 11) is 0. The monoisotopic (exact) mass is 410 g/mol. The van der Waals surface area contributed by atoms with Crippen LogP contribution < -0.4 is 11.5 Å². The number of Topliss-reactive ketones (excluding diaryl/α,β-unsaturated/α-hetero) is 1. The first-order valence-electron chi connectivity index (χ1n) is 8.65. The van der Waals surface area contributed by atoms with Crippen LogP contribution in [-0.2, 0) is 10.4 Å². The lowest BCUT2D eigenvalue weighted by molar-refractivity contribution is -0.255. The molecule has 156 valence electrons. The van der Waals surface area contributed by atoms with Crippen molar-refractivity contribution in [1.29, 1.82) is 0 Å². The van der Waals surface area contributed by atoms with Crippen molar-refractivity contribution < 1.29 is 27.9 Å². The highest BCUT2D eigenvalue weighted by Gasteiger charge is 2.60. The molecule has 10 heteroatoms. The van der Waals surface area contributed by atoms with Crippen molar-refractivity contribution in [1.82, 2.24) is 9.97 Å². The summed E-state index contributed by atoms with van der Waals surface area (Å²) in [5.41, 5.74) is 6.51. The first kappa shape index (κ1) is 22.3. The molecule has 2 aromatic rings. The summed E-state index contributed by atoms with van der Waals surface area (Å²) >= 11 is 0. The lowest BCUT2D eigenvalue weighted by atomic mass is 9.89. The number of carbonyl (C=O) groups is 2. The van der Waals surface area contributed by atoms with E-state index in [0.717, 1.165) is 12.1 Å². The standard InChI is InChI=1S/C19H21F3N4O3/c1-9(2)6-14(27)15-16(23)25-8-13(26-15)12-7-11(5-4-10(12)3)18(29,17(24)28)19(20,21)22/h4-5,7-9,29H,6H2,1-3H3,(H2,23,25)(H2,24,28). The van der Waals surface area contributed by atoms with Gasteiger partial charge in [0.2, 0.25) is 0 Å². The van der Waals surface area contributed by atoms with E-state index in [1.807, 2.05) is 13.8 Å². The Bertz CT molecular complexity index is 960. The van der Waals surface area contributed by atoms with Crippen molar-refractivity contribution in [3.63, 3.8) is 0 Å². The number of halogens is 3. The van der Waals surface area contributed by atoms with E-state index >= 15 is 0 Å². The number of aryl methyl sites for hydroxylation is 1. The van der Waals surface area contributed by atoms with Gasteiger partial charge in [0.05, 0.1) is 11.9 Å². The molecule has 1 aromatic carbocycles. The largest absolute Gasteiger partial charge is 0.430 e. The first-order chi connectivity index (χ1) is 13.3. The Morgan fingerprint density at radius 2 is 1.86 bits per heavy atom. The Morgan fingerprint density at radius 3 is 2.38 bits per heavy atom. The van der Waals surface area contributed by atoms with E-state index in [9.17, 15) is 27.9 Å². The number of carbonyl (C=O) groups excluding carboxylic acids is 2. The SMILES string of the molecule is Cc1ccc(C(O)(C(N)=O)C(F)(F)F)cc1-c1cnc(N)c(C(=O)CC(C)C)n1. The van der Waals surface area contributed by atoms with Crippen molar-refractivity contribution in [2.75, 3.05) is 5.73 Å². The van der Waals surface area contributed by atoms with Crippen LogP contribution in [0.3, 0.4) is 0 Å². The van der Waals surface area contributed by atoms with Gasteiger partial charge in [-0.2, -0.15) is 13.2 Å². The minimum Gasteiger partial charge on any atom is -0.382 e. The van der Waals surface area contributed by atoms with Gasteiger partial charge in [0, 0.05) is 17.5 Å². The predicted molar refractivity (Wildman–Crippen MR) is 99.5 cm³/mol. The van der Waals surface area contributed by atoms with Crippen molar-refractivity contribution in [3.05, 3.63) is 41.2 Å². The molecule has 0 aliphatic heterocycles. The highest BCUT2D eigenvalue weighted by atomic mass is 19.4. The number of alkyl halides is 3. The molecule has 0 bridgehead atoms. The van der Waals surface area contributed by atoms with Crippen molar-refractivity contribution >= 4 is 17.5 Å². The van der Waals surface area contributed by atoms with E-state index in [1.54, 1.807) is 6.92 Å². The van der Waals surface area contributed by atoms with Gasteiger partial charge in [-0.1, -0.05) is 26.0 Å². The number of aliphatic hydroxyl groups is 1. The molecule has 1 aromatic heterocycles. The smallest absolute Gasteiger partial charge is 0.382 e. The Kier molecular flexibility index (Phi) is 5.98. The Balaban J connectivity index is 2.64. The van der Waals surface area contributed by atoms with Crippen LogP contribution in [0.1, 0.15) is 41.9 Å². The number of rotatable bonds is 6. The maximum atomic E-state index is 13.4. The van der Waals surface area contributed by atoms with Crippen LogP contribution in [0.15, 0.2) is 24.4 Å². The molecule has 0 radical (unpaired) electrons. The fourth-order valence-corrected chi connectivity index (χ4v) is 2.77. The van der Waals surface area contributed by atoms with E-state index in [0.29, 0.717) is 5.56 Å². The Hall–Kier alpha value is -3.01. The van der Waals surface area contributed by atoms with Gasteiger partial charge in [-0.25, -0.2) is 9.97 Å². The third-order valence-electron chi connectivity index (χ3n) is 4.36. The summed E-state index contributed by atoms with van der Waals surface area (Å²) in [5, 5.41) is 10.0. The summed E-state index contributed by atoms with van der Waals surface area (Å²) in [5.74, 6) is -2.38. The van der Waals surface area contributed by atoms with Gasteiger partial charge in [0.25, 0.3) is 11.5 Å². The second kappa shape index (κ2) is 7.78. The minimum atomic E-state index is -5.34. The van der Waals surface area contributed by atoms with Crippen LogP contribution in [-0.4, -0.2) is 32.9 Å². The van der Waals surface area contributed by atoms with Gasteiger partial charge in [0.15, 0.2) is 11.6 Å². The maximum absolute atomic E-state index is 13.4. The van der Waals surface area contributed by atoms with Crippen molar-refractivity contribution in [2.45, 2.75) is 39.0 Å². The summed E-state index contributed by atoms with van der Waals surface area (Å²) in [6, 6.07) is 3.18. The molecular formula is C19H21F3N4O3. The Labute approximate surface area is 165 Å². The fourth-order valence-electron chi connectivity index (χ4n) is 2.77. The van der Waals surface area contributed by atoms with E-state index < -0.39 is 23.2 Å². The van der Waals surface area contributed by atoms with Crippen molar-refractivity contribution in [3.8, 4) is 11.3 Å². The number of anilines is 1. The molecule has 1 atom stereocenters. The molecule has 0 aliphatic rings. The number of nitrogens with zero attached hydrogens (tertiary/aromatic N) is 2. The molecule has 2 rings (SSSR count). The molecule has 0 aliphatic carbocycles. The zero-order chi connectivity index (χ0) is 22.1. The third-order valence-corrected chi connectivity index (χ3v) is 4.36. The van der Waals surface area contributed by atoms with E-state index in [1.165, 1.54) is 12.3 Å². The van der Waals surface area contributed by atoms with Gasteiger partial charge < -0.3 is 16.6 Å². The lowest BCUT2D eigenvalue weighted by Crippen LogP contribution is -2.52. The van der Waals surface area contributed by atoms with Crippen LogP contribution in [0.2, 0.25) is 0 Å². The molecule has 1 heterocycles. The molecule has 29 heavy (non-hydrogen) atoms. The zero-order valence-corrected chi connectivity index (χ0v) is 16.0. The number of ketones is 1. The average Bonchev–Trinajstić information content (AvgIpc) is 2.60. The molecule has 0 fully saturated rings. The number of hydrogen-bond acceptors (Lipinski definition) is 6. The minimum absolute atomic E-state index is 0.0368. The topological polar surface area (TPSA) is 132 Å². The normalized spacial score (nSPS) is 13.9.